The first kappa shape index (κ1) is 8.79. The van der Waals surface area contributed by atoms with Gasteiger partial charge in [0.25, 0.3) is 0 Å². The molecule has 0 spiro atoms. The fourth-order valence-corrected chi connectivity index (χ4v) is 1.53. The first-order chi connectivity index (χ1) is 5.33. The molecule has 0 aromatic rings. The highest BCUT2D eigenvalue weighted by atomic mass is 14.9. The second kappa shape index (κ2) is 4.55. The summed E-state index contributed by atoms with van der Waals surface area (Å²) in [5.41, 5.74) is 1.55. The van der Waals surface area contributed by atoms with Crippen LogP contribution in [0.3, 0.4) is 0 Å². The summed E-state index contributed by atoms with van der Waals surface area (Å²) in [6.45, 7) is 6.88. The first-order valence-electron chi connectivity index (χ1n) is 4.71. The van der Waals surface area contributed by atoms with Crippen molar-refractivity contribution < 1.29 is 0 Å². The van der Waals surface area contributed by atoms with Crippen molar-refractivity contribution in [2.75, 3.05) is 13.1 Å². The molecule has 0 radical (unpaired) electrons. The highest BCUT2D eigenvalue weighted by Crippen LogP contribution is 2.15. The molecule has 11 heavy (non-hydrogen) atoms. The predicted molar refractivity (Wildman–Crippen MR) is 49.6 cm³/mol. The molecular weight excluding hydrogens is 134 g/mol. The molecule has 0 saturated carbocycles. The van der Waals surface area contributed by atoms with Crippen LogP contribution in [-0.4, -0.2) is 13.1 Å². The second-order valence-electron chi connectivity index (χ2n) is 3.45. The molecule has 0 unspecified atom stereocenters. The van der Waals surface area contributed by atoms with Crippen LogP contribution in [0.25, 0.3) is 0 Å². The monoisotopic (exact) mass is 153 g/mol. The van der Waals surface area contributed by atoms with Crippen LogP contribution in [0, 0.1) is 5.92 Å². The third-order valence-electron chi connectivity index (χ3n) is 2.46. The lowest BCUT2D eigenvalue weighted by atomic mass is 9.95. The number of rotatable bonds is 2. The summed E-state index contributed by atoms with van der Waals surface area (Å²) in [6.07, 6.45) is 6.33. The molecule has 0 aliphatic carbocycles. The zero-order chi connectivity index (χ0) is 8.10. The van der Waals surface area contributed by atoms with Gasteiger partial charge in [-0.25, -0.2) is 0 Å². The van der Waals surface area contributed by atoms with E-state index in [0.29, 0.717) is 0 Å². The summed E-state index contributed by atoms with van der Waals surface area (Å²) in [6, 6.07) is 0. The van der Waals surface area contributed by atoms with Crippen LogP contribution in [0.5, 0.6) is 0 Å². The van der Waals surface area contributed by atoms with Gasteiger partial charge < -0.3 is 5.32 Å². The van der Waals surface area contributed by atoms with Gasteiger partial charge in [-0.05, 0) is 45.2 Å². The second-order valence-corrected chi connectivity index (χ2v) is 3.45. The Morgan fingerprint density at radius 2 is 2.09 bits per heavy atom. The van der Waals surface area contributed by atoms with Gasteiger partial charge >= 0.3 is 0 Å². The highest BCUT2D eigenvalue weighted by Gasteiger charge is 2.09. The molecule has 0 amide bonds. The van der Waals surface area contributed by atoms with Crippen molar-refractivity contribution in [3.63, 3.8) is 0 Å². The molecule has 0 bridgehead atoms. The fourth-order valence-electron chi connectivity index (χ4n) is 1.53. The average Bonchev–Trinajstić information content (AvgIpc) is 2.06. The minimum Gasteiger partial charge on any atom is -0.317 e. The minimum atomic E-state index is 0.858. The third-order valence-corrected chi connectivity index (χ3v) is 2.46. The van der Waals surface area contributed by atoms with E-state index in [1.807, 2.05) is 0 Å². The van der Waals surface area contributed by atoms with Crippen LogP contribution in [0.4, 0.5) is 0 Å². The summed E-state index contributed by atoms with van der Waals surface area (Å²) in [4.78, 5) is 0. The predicted octanol–water partition coefficient (Wildman–Crippen LogP) is 2.34. The van der Waals surface area contributed by atoms with Crippen LogP contribution in [0.15, 0.2) is 11.6 Å². The van der Waals surface area contributed by atoms with E-state index in [2.05, 4.69) is 25.2 Å². The van der Waals surface area contributed by atoms with E-state index in [9.17, 15) is 0 Å². The van der Waals surface area contributed by atoms with Crippen LogP contribution < -0.4 is 5.32 Å². The van der Waals surface area contributed by atoms with Crippen molar-refractivity contribution in [2.45, 2.75) is 33.1 Å². The van der Waals surface area contributed by atoms with Crippen molar-refractivity contribution >= 4 is 0 Å². The summed E-state index contributed by atoms with van der Waals surface area (Å²) >= 11 is 0. The SMILES string of the molecule is CC/C(C)=C/C1CCNCC1. The van der Waals surface area contributed by atoms with Crippen molar-refractivity contribution in [3.8, 4) is 0 Å². The van der Waals surface area contributed by atoms with Gasteiger partial charge in [-0.2, -0.15) is 0 Å². The Bertz CT molecular complexity index is 132. The summed E-state index contributed by atoms with van der Waals surface area (Å²) in [5, 5.41) is 3.38. The molecule has 1 rings (SSSR count). The normalized spacial score (nSPS) is 22.2. The largest absolute Gasteiger partial charge is 0.317 e. The van der Waals surface area contributed by atoms with Gasteiger partial charge in [0, 0.05) is 0 Å². The fraction of sp³-hybridized carbons (Fsp3) is 0.800. The van der Waals surface area contributed by atoms with Crippen molar-refractivity contribution in [3.05, 3.63) is 11.6 Å². The maximum Gasteiger partial charge on any atom is -0.00433 e. The van der Waals surface area contributed by atoms with E-state index in [1.54, 1.807) is 5.57 Å². The summed E-state index contributed by atoms with van der Waals surface area (Å²) in [5.74, 6) is 0.858. The topological polar surface area (TPSA) is 12.0 Å². The summed E-state index contributed by atoms with van der Waals surface area (Å²) in [7, 11) is 0. The van der Waals surface area contributed by atoms with E-state index in [-0.39, 0.29) is 0 Å². The molecular formula is C10H19N. The maximum absolute atomic E-state index is 3.38. The zero-order valence-corrected chi connectivity index (χ0v) is 7.69. The third kappa shape index (κ3) is 3.06. The van der Waals surface area contributed by atoms with Crippen molar-refractivity contribution in [1.82, 2.24) is 5.32 Å². The van der Waals surface area contributed by atoms with Gasteiger partial charge in [-0.1, -0.05) is 18.6 Å². The van der Waals surface area contributed by atoms with Crippen molar-refractivity contribution in [1.29, 1.82) is 0 Å². The van der Waals surface area contributed by atoms with Gasteiger partial charge in [0.1, 0.15) is 0 Å². The van der Waals surface area contributed by atoms with Gasteiger partial charge in [0.05, 0.1) is 0 Å². The Labute approximate surface area is 69.9 Å². The molecule has 1 nitrogen and oxygen atoms in total. The summed E-state index contributed by atoms with van der Waals surface area (Å²) < 4.78 is 0. The smallest absolute Gasteiger partial charge is 0.00433 e. The number of nitrogens with one attached hydrogen (secondary N) is 1. The van der Waals surface area contributed by atoms with Crippen LogP contribution in [0.1, 0.15) is 33.1 Å². The molecule has 64 valence electrons. The number of hydrogen-bond donors (Lipinski definition) is 1. The molecule has 1 aliphatic heterocycles. The van der Waals surface area contributed by atoms with Crippen molar-refractivity contribution in [2.24, 2.45) is 5.92 Å². The van der Waals surface area contributed by atoms with E-state index in [0.717, 1.165) is 5.92 Å². The van der Waals surface area contributed by atoms with Gasteiger partial charge in [0.15, 0.2) is 0 Å². The Balaban J connectivity index is 2.34. The maximum atomic E-state index is 3.38. The standard InChI is InChI=1S/C10H19N/c1-3-9(2)8-10-4-6-11-7-5-10/h8,10-11H,3-7H2,1-2H3/b9-8+. The molecule has 1 N–H and O–H groups in total. The molecule has 0 aromatic heterocycles. The number of hydrogen-bond acceptors (Lipinski definition) is 1. The Morgan fingerprint density at radius 1 is 1.45 bits per heavy atom. The lowest BCUT2D eigenvalue weighted by Crippen LogP contribution is -2.26. The Morgan fingerprint density at radius 3 is 2.64 bits per heavy atom. The molecule has 1 fully saturated rings. The van der Waals surface area contributed by atoms with Crippen LogP contribution in [0.2, 0.25) is 0 Å². The molecule has 1 heterocycles. The lowest BCUT2D eigenvalue weighted by Gasteiger charge is -2.20. The number of allylic oxidation sites excluding steroid dienone is 2. The van der Waals surface area contributed by atoms with E-state index in [1.165, 1.54) is 32.4 Å². The quantitative estimate of drug-likeness (QED) is 0.600. The molecule has 0 aromatic carbocycles. The number of piperidine rings is 1. The minimum absolute atomic E-state index is 0.858. The Hall–Kier alpha value is -0.300. The molecule has 1 aliphatic rings. The highest BCUT2D eigenvalue weighted by molar-refractivity contribution is 5.01. The first-order valence-corrected chi connectivity index (χ1v) is 4.71. The van der Waals surface area contributed by atoms with Gasteiger partial charge in [-0.15, -0.1) is 0 Å². The van der Waals surface area contributed by atoms with Gasteiger partial charge in [-0.3, -0.25) is 0 Å². The van der Waals surface area contributed by atoms with E-state index >= 15 is 0 Å². The van der Waals surface area contributed by atoms with Crippen LogP contribution in [-0.2, 0) is 0 Å². The molecule has 0 atom stereocenters. The Kier molecular flexibility index (Phi) is 3.64. The lowest BCUT2D eigenvalue weighted by molar-refractivity contribution is 0.434. The zero-order valence-electron chi connectivity index (χ0n) is 7.69. The average molecular weight is 153 g/mol. The van der Waals surface area contributed by atoms with Gasteiger partial charge in [0.2, 0.25) is 0 Å². The molecule has 1 saturated heterocycles. The van der Waals surface area contributed by atoms with E-state index < -0.39 is 0 Å². The van der Waals surface area contributed by atoms with E-state index in [4.69, 9.17) is 0 Å². The van der Waals surface area contributed by atoms with Crippen LogP contribution >= 0.6 is 0 Å². The molecule has 1 heteroatoms.